The predicted octanol–water partition coefficient (Wildman–Crippen LogP) is 15.5. The van der Waals surface area contributed by atoms with Crippen molar-refractivity contribution in [3.05, 3.63) is 210 Å². The molecule has 0 radical (unpaired) electrons. The number of benzene rings is 8. The van der Waals surface area contributed by atoms with Gasteiger partial charge in [-0.25, -0.2) is 9.97 Å². The standard InChI is InChI=1S/C56H40F3N3/c1-35-18-20-38(21-19-35)47-32-44(51-34-50(40-12-6-4-7-13-40)60-55(61-51)41-14-8-5-9-15-41)33-48(39-22-25-45(26-23-39)56(57,58)59)54(47)62-52-17-11-10-16-46(52)49-31-42(24-27-53(49)62)43-29-36(2)28-37(3)30-43/h4-34H,1-3H3. The van der Waals surface area contributed by atoms with E-state index in [1.807, 2.05) is 72.8 Å². The fourth-order valence-electron chi connectivity index (χ4n) is 8.64. The maximum Gasteiger partial charge on any atom is 0.416 e. The zero-order valence-corrected chi connectivity index (χ0v) is 34.4. The first-order valence-electron chi connectivity index (χ1n) is 20.6. The maximum absolute atomic E-state index is 14.1. The topological polar surface area (TPSA) is 30.7 Å². The second kappa shape index (κ2) is 15.5. The van der Waals surface area contributed by atoms with Crippen molar-refractivity contribution >= 4 is 21.8 Å². The Morgan fingerprint density at radius 2 is 0.919 bits per heavy atom. The van der Waals surface area contributed by atoms with Crippen molar-refractivity contribution in [1.82, 2.24) is 14.5 Å². The van der Waals surface area contributed by atoms with Gasteiger partial charge in [0, 0.05) is 38.6 Å². The summed E-state index contributed by atoms with van der Waals surface area (Å²) in [6.07, 6.45) is -4.49. The summed E-state index contributed by atoms with van der Waals surface area (Å²) in [5.74, 6) is 0.570. The van der Waals surface area contributed by atoms with Crippen molar-refractivity contribution in [2.24, 2.45) is 0 Å². The highest BCUT2D eigenvalue weighted by Gasteiger charge is 2.30. The SMILES string of the molecule is Cc1ccc(-c2cc(-c3cc(-c4ccccc4)nc(-c4ccccc4)n3)cc(-c3ccc(C(F)(F)F)cc3)c2-n2c3ccccc3c3cc(-c4cc(C)cc(C)c4)ccc32)cc1. The van der Waals surface area contributed by atoms with Crippen molar-refractivity contribution in [3.8, 4) is 73.0 Å². The van der Waals surface area contributed by atoms with Crippen LogP contribution in [0.4, 0.5) is 13.2 Å². The fourth-order valence-corrected chi connectivity index (χ4v) is 8.64. The number of fused-ring (bicyclic) bond motifs is 3. The van der Waals surface area contributed by atoms with Gasteiger partial charge in [0.1, 0.15) is 0 Å². The van der Waals surface area contributed by atoms with Crippen molar-refractivity contribution in [3.63, 3.8) is 0 Å². The summed E-state index contributed by atoms with van der Waals surface area (Å²) in [5.41, 5.74) is 15.2. The summed E-state index contributed by atoms with van der Waals surface area (Å²) in [4.78, 5) is 10.3. The molecule has 2 heterocycles. The van der Waals surface area contributed by atoms with Crippen LogP contribution in [0.5, 0.6) is 0 Å². The second-order valence-corrected chi connectivity index (χ2v) is 16.0. The summed E-state index contributed by atoms with van der Waals surface area (Å²) in [6, 6.07) is 61.7. The van der Waals surface area contributed by atoms with Crippen LogP contribution in [0.3, 0.4) is 0 Å². The molecule has 300 valence electrons. The molecule has 0 unspecified atom stereocenters. The second-order valence-electron chi connectivity index (χ2n) is 16.0. The molecule has 0 amide bonds. The minimum atomic E-state index is -4.49. The minimum Gasteiger partial charge on any atom is -0.308 e. The van der Waals surface area contributed by atoms with Gasteiger partial charge in [-0.15, -0.1) is 0 Å². The summed E-state index contributed by atoms with van der Waals surface area (Å²) >= 11 is 0. The number of aromatic nitrogens is 3. The minimum absolute atomic E-state index is 0.570. The number of rotatable bonds is 7. The van der Waals surface area contributed by atoms with E-state index < -0.39 is 11.7 Å². The zero-order valence-electron chi connectivity index (χ0n) is 34.4. The largest absolute Gasteiger partial charge is 0.416 e. The first-order valence-corrected chi connectivity index (χ1v) is 20.6. The molecule has 0 saturated heterocycles. The molecule has 0 N–H and O–H groups in total. The molecule has 62 heavy (non-hydrogen) atoms. The Kier molecular flexibility index (Phi) is 9.64. The van der Waals surface area contributed by atoms with E-state index in [9.17, 15) is 13.2 Å². The van der Waals surface area contributed by atoms with E-state index in [1.165, 1.54) is 23.3 Å². The molecule has 6 heteroatoms. The highest BCUT2D eigenvalue weighted by atomic mass is 19.4. The molecular formula is C56H40F3N3. The Morgan fingerprint density at radius 1 is 0.387 bits per heavy atom. The van der Waals surface area contributed by atoms with E-state index in [0.717, 1.165) is 83.3 Å². The van der Waals surface area contributed by atoms with Crippen molar-refractivity contribution in [1.29, 1.82) is 0 Å². The van der Waals surface area contributed by atoms with Crippen LogP contribution in [0, 0.1) is 20.8 Å². The predicted molar refractivity (Wildman–Crippen MR) is 248 cm³/mol. The van der Waals surface area contributed by atoms with Gasteiger partial charge in [0.05, 0.1) is 33.7 Å². The van der Waals surface area contributed by atoms with Crippen LogP contribution in [0.1, 0.15) is 22.3 Å². The van der Waals surface area contributed by atoms with E-state index in [0.29, 0.717) is 17.1 Å². The number of hydrogen-bond donors (Lipinski definition) is 0. The summed E-state index contributed by atoms with van der Waals surface area (Å²) in [5, 5.41) is 2.15. The van der Waals surface area contributed by atoms with E-state index >= 15 is 0 Å². The molecule has 10 rings (SSSR count). The van der Waals surface area contributed by atoms with Gasteiger partial charge >= 0.3 is 6.18 Å². The Hall–Kier alpha value is -7.57. The third-order valence-electron chi connectivity index (χ3n) is 11.6. The normalized spacial score (nSPS) is 11.7. The van der Waals surface area contributed by atoms with Crippen molar-refractivity contribution in [2.75, 3.05) is 0 Å². The van der Waals surface area contributed by atoms with Crippen LogP contribution in [-0.4, -0.2) is 14.5 Å². The monoisotopic (exact) mass is 811 g/mol. The molecule has 3 nitrogen and oxygen atoms in total. The zero-order chi connectivity index (χ0) is 42.5. The number of hydrogen-bond acceptors (Lipinski definition) is 2. The molecule has 0 atom stereocenters. The molecular weight excluding hydrogens is 772 g/mol. The Labute approximate surface area is 358 Å². The van der Waals surface area contributed by atoms with Crippen molar-refractivity contribution < 1.29 is 13.2 Å². The van der Waals surface area contributed by atoms with Gasteiger partial charge in [-0.3, -0.25) is 0 Å². The van der Waals surface area contributed by atoms with Gasteiger partial charge in [-0.05, 0) is 91.6 Å². The van der Waals surface area contributed by atoms with E-state index in [2.05, 4.69) is 116 Å². The molecule has 0 bridgehead atoms. The number of para-hydroxylation sites is 1. The molecule has 0 spiro atoms. The smallest absolute Gasteiger partial charge is 0.308 e. The third kappa shape index (κ3) is 7.24. The van der Waals surface area contributed by atoms with Crippen LogP contribution in [0.15, 0.2) is 188 Å². The number of alkyl halides is 3. The van der Waals surface area contributed by atoms with Crippen LogP contribution in [0.2, 0.25) is 0 Å². The van der Waals surface area contributed by atoms with Crippen molar-refractivity contribution in [2.45, 2.75) is 26.9 Å². The molecule has 10 aromatic rings. The first kappa shape index (κ1) is 38.6. The Bertz CT molecular complexity index is 3200. The van der Waals surface area contributed by atoms with Gasteiger partial charge in [0.2, 0.25) is 0 Å². The molecule has 0 aliphatic heterocycles. The van der Waals surface area contributed by atoms with Crippen LogP contribution >= 0.6 is 0 Å². The summed E-state index contributed by atoms with van der Waals surface area (Å²) in [7, 11) is 0. The van der Waals surface area contributed by atoms with Gasteiger partial charge in [0.15, 0.2) is 5.82 Å². The Morgan fingerprint density at radius 3 is 1.55 bits per heavy atom. The summed E-state index contributed by atoms with van der Waals surface area (Å²) < 4.78 is 44.6. The lowest BCUT2D eigenvalue weighted by atomic mass is 9.91. The molecule has 2 aromatic heterocycles. The highest BCUT2D eigenvalue weighted by molar-refractivity contribution is 6.12. The van der Waals surface area contributed by atoms with Crippen LogP contribution in [-0.2, 0) is 6.18 Å². The first-order chi connectivity index (χ1) is 30.1. The van der Waals surface area contributed by atoms with Crippen LogP contribution in [0.25, 0.3) is 94.8 Å². The maximum atomic E-state index is 14.1. The molecule has 0 aliphatic carbocycles. The Balaban J connectivity index is 1.31. The van der Waals surface area contributed by atoms with Crippen LogP contribution < -0.4 is 0 Å². The van der Waals surface area contributed by atoms with Gasteiger partial charge in [-0.1, -0.05) is 156 Å². The average Bonchev–Trinajstić information content (AvgIpc) is 3.62. The molecule has 8 aromatic carbocycles. The summed E-state index contributed by atoms with van der Waals surface area (Å²) in [6.45, 7) is 6.30. The lowest BCUT2D eigenvalue weighted by molar-refractivity contribution is -0.137. The number of halogens is 3. The lowest BCUT2D eigenvalue weighted by Crippen LogP contribution is -2.05. The quantitative estimate of drug-likeness (QED) is 0.160. The fraction of sp³-hybridized carbons (Fsp3) is 0.0714. The highest BCUT2D eigenvalue weighted by Crippen LogP contribution is 2.45. The van der Waals surface area contributed by atoms with Gasteiger partial charge < -0.3 is 4.57 Å². The number of nitrogens with zero attached hydrogens (tertiary/aromatic N) is 3. The van der Waals surface area contributed by atoms with E-state index in [4.69, 9.17) is 9.97 Å². The molecule has 0 fully saturated rings. The number of aryl methyl sites for hydroxylation is 3. The van der Waals surface area contributed by atoms with E-state index in [-0.39, 0.29) is 0 Å². The average molecular weight is 812 g/mol. The lowest BCUT2D eigenvalue weighted by Gasteiger charge is -2.22. The van der Waals surface area contributed by atoms with Gasteiger partial charge in [0.25, 0.3) is 0 Å². The third-order valence-corrected chi connectivity index (χ3v) is 11.6. The van der Waals surface area contributed by atoms with Gasteiger partial charge in [-0.2, -0.15) is 13.2 Å². The molecule has 0 aliphatic rings. The van der Waals surface area contributed by atoms with E-state index in [1.54, 1.807) is 12.1 Å². The molecule has 0 saturated carbocycles.